The number of carbonyl (C=O) groups is 1. The van der Waals surface area contributed by atoms with Gasteiger partial charge in [-0.1, -0.05) is 30.3 Å². The number of aromatic nitrogens is 2. The monoisotopic (exact) mass is 286 g/mol. The molecule has 0 aliphatic heterocycles. The summed E-state index contributed by atoms with van der Waals surface area (Å²) in [6, 6.07) is 10.0. The van der Waals surface area contributed by atoms with Gasteiger partial charge in [0.2, 0.25) is 0 Å². The molecule has 0 saturated heterocycles. The van der Waals surface area contributed by atoms with Crippen molar-refractivity contribution in [1.82, 2.24) is 20.2 Å². The first-order chi connectivity index (χ1) is 10.1. The van der Waals surface area contributed by atoms with E-state index < -0.39 is 0 Å². The molecule has 2 N–H and O–H groups in total. The molecule has 0 fully saturated rings. The lowest BCUT2D eigenvalue weighted by molar-refractivity contribution is 0.0927. The maximum absolute atomic E-state index is 12.3. The number of aromatic amines is 1. The molecule has 2 aromatic rings. The molecule has 0 aliphatic carbocycles. The highest BCUT2D eigenvalue weighted by atomic mass is 16.2. The predicted octanol–water partition coefficient (Wildman–Crippen LogP) is 2.14. The summed E-state index contributed by atoms with van der Waals surface area (Å²) in [6.45, 7) is 2.75. The molecular weight excluding hydrogens is 264 g/mol. The molecular formula is C16H22N4O. The summed E-state index contributed by atoms with van der Waals surface area (Å²) < 4.78 is 0. The van der Waals surface area contributed by atoms with Gasteiger partial charge < -0.3 is 15.2 Å². The van der Waals surface area contributed by atoms with E-state index in [0.717, 1.165) is 24.2 Å². The maximum Gasteiger partial charge on any atom is 0.272 e. The van der Waals surface area contributed by atoms with E-state index >= 15 is 0 Å². The van der Waals surface area contributed by atoms with Crippen LogP contribution in [0.2, 0.25) is 0 Å². The molecule has 1 amide bonds. The van der Waals surface area contributed by atoms with E-state index in [0.29, 0.717) is 5.69 Å². The van der Waals surface area contributed by atoms with Gasteiger partial charge in [0.15, 0.2) is 0 Å². The van der Waals surface area contributed by atoms with Crippen molar-refractivity contribution in [2.24, 2.45) is 0 Å². The zero-order valence-corrected chi connectivity index (χ0v) is 12.8. The molecule has 2 rings (SSSR count). The van der Waals surface area contributed by atoms with Crippen LogP contribution in [-0.2, 0) is 0 Å². The molecule has 0 aliphatic rings. The smallest absolute Gasteiger partial charge is 0.272 e. The van der Waals surface area contributed by atoms with Gasteiger partial charge in [-0.05, 0) is 39.5 Å². The topological polar surface area (TPSA) is 61.0 Å². The average Bonchev–Trinajstić information content (AvgIpc) is 2.90. The van der Waals surface area contributed by atoms with E-state index in [9.17, 15) is 4.79 Å². The predicted molar refractivity (Wildman–Crippen MR) is 83.1 cm³/mol. The minimum absolute atomic E-state index is 0.0165. The van der Waals surface area contributed by atoms with Crippen molar-refractivity contribution in [1.29, 1.82) is 0 Å². The van der Waals surface area contributed by atoms with Crippen LogP contribution >= 0.6 is 0 Å². The molecule has 112 valence electrons. The van der Waals surface area contributed by atoms with E-state index in [4.69, 9.17) is 0 Å². The summed E-state index contributed by atoms with van der Waals surface area (Å²) >= 11 is 0. The Balaban J connectivity index is 2.12. The van der Waals surface area contributed by atoms with Crippen molar-refractivity contribution >= 4 is 5.91 Å². The van der Waals surface area contributed by atoms with Crippen LogP contribution in [0, 0.1) is 6.92 Å². The molecule has 0 radical (unpaired) electrons. The van der Waals surface area contributed by atoms with Crippen LogP contribution in [0.3, 0.4) is 0 Å². The Labute approximate surface area is 125 Å². The number of benzene rings is 1. The van der Waals surface area contributed by atoms with Crippen LogP contribution in [0.1, 0.15) is 34.2 Å². The maximum atomic E-state index is 12.3. The lowest BCUT2D eigenvalue weighted by Gasteiger charge is -2.21. The number of amides is 1. The van der Waals surface area contributed by atoms with E-state index in [1.165, 1.54) is 0 Å². The quantitative estimate of drug-likeness (QED) is 0.855. The number of nitrogens with zero attached hydrogens (tertiary/aromatic N) is 2. The number of nitrogens with one attached hydrogen (secondary N) is 2. The number of carbonyl (C=O) groups excluding carboxylic acids is 1. The minimum Gasteiger partial charge on any atom is -0.348 e. The summed E-state index contributed by atoms with van der Waals surface area (Å²) in [5.74, 6) is -0.138. The highest BCUT2D eigenvalue weighted by molar-refractivity contribution is 5.93. The summed E-state index contributed by atoms with van der Waals surface area (Å²) in [5.41, 5.74) is 2.36. The van der Waals surface area contributed by atoms with Crippen molar-refractivity contribution in [2.75, 3.05) is 20.6 Å². The molecule has 1 aromatic heterocycles. The van der Waals surface area contributed by atoms with Crippen molar-refractivity contribution in [3.63, 3.8) is 0 Å². The number of hydrogen-bond acceptors (Lipinski definition) is 3. The SMILES string of the molecule is Cc1[nH]cnc1C(=O)N[C@H](CCN(C)C)c1ccccc1. The highest BCUT2D eigenvalue weighted by Gasteiger charge is 2.18. The third-order valence-electron chi connectivity index (χ3n) is 3.42. The fourth-order valence-corrected chi connectivity index (χ4v) is 2.21. The third-order valence-corrected chi connectivity index (χ3v) is 3.42. The van der Waals surface area contributed by atoms with Crippen molar-refractivity contribution < 1.29 is 4.79 Å². The Morgan fingerprint density at radius 3 is 2.62 bits per heavy atom. The van der Waals surface area contributed by atoms with Crippen molar-refractivity contribution in [3.05, 3.63) is 53.6 Å². The van der Waals surface area contributed by atoms with Crippen LogP contribution in [0.25, 0.3) is 0 Å². The second-order valence-electron chi connectivity index (χ2n) is 5.40. The number of H-pyrrole nitrogens is 1. The van der Waals surface area contributed by atoms with Gasteiger partial charge >= 0.3 is 0 Å². The van der Waals surface area contributed by atoms with Crippen LogP contribution in [0.4, 0.5) is 0 Å². The number of imidazole rings is 1. The fourth-order valence-electron chi connectivity index (χ4n) is 2.21. The molecule has 0 saturated carbocycles. The zero-order chi connectivity index (χ0) is 15.2. The highest BCUT2D eigenvalue weighted by Crippen LogP contribution is 2.17. The van der Waals surface area contributed by atoms with E-state index in [-0.39, 0.29) is 11.9 Å². The lowest BCUT2D eigenvalue weighted by atomic mass is 10.0. The third kappa shape index (κ3) is 4.16. The first-order valence-electron chi connectivity index (χ1n) is 7.08. The molecule has 0 unspecified atom stereocenters. The number of rotatable bonds is 6. The van der Waals surface area contributed by atoms with E-state index in [2.05, 4.69) is 20.2 Å². The fraction of sp³-hybridized carbons (Fsp3) is 0.375. The molecule has 21 heavy (non-hydrogen) atoms. The number of hydrogen-bond donors (Lipinski definition) is 2. The largest absolute Gasteiger partial charge is 0.348 e. The first kappa shape index (κ1) is 15.3. The molecule has 5 heteroatoms. The summed E-state index contributed by atoms with van der Waals surface area (Å²) in [7, 11) is 4.06. The normalized spacial score (nSPS) is 12.4. The van der Waals surface area contributed by atoms with Gasteiger partial charge in [0, 0.05) is 5.69 Å². The van der Waals surface area contributed by atoms with Crippen LogP contribution in [-0.4, -0.2) is 41.4 Å². The Kier molecular flexibility index (Phi) is 5.11. The van der Waals surface area contributed by atoms with E-state index in [1.807, 2.05) is 51.4 Å². The molecule has 0 spiro atoms. The Morgan fingerprint density at radius 2 is 2.05 bits per heavy atom. The van der Waals surface area contributed by atoms with Gasteiger partial charge in [-0.3, -0.25) is 4.79 Å². The minimum atomic E-state index is -0.138. The molecule has 1 heterocycles. The van der Waals surface area contributed by atoms with Crippen LogP contribution < -0.4 is 5.32 Å². The van der Waals surface area contributed by atoms with Gasteiger partial charge in [-0.2, -0.15) is 0 Å². The van der Waals surface area contributed by atoms with Gasteiger partial charge in [0.1, 0.15) is 5.69 Å². The van der Waals surface area contributed by atoms with Crippen molar-refractivity contribution in [2.45, 2.75) is 19.4 Å². The Bertz CT molecular complexity index is 577. The Hall–Kier alpha value is -2.14. The molecule has 1 atom stereocenters. The molecule has 0 bridgehead atoms. The van der Waals surface area contributed by atoms with Crippen LogP contribution in [0.5, 0.6) is 0 Å². The van der Waals surface area contributed by atoms with Crippen LogP contribution in [0.15, 0.2) is 36.7 Å². The molecule has 1 aromatic carbocycles. The van der Waals surface area contributed by atoms with Gasteiger partial charge in [0.05, 0.1) is 12.4 Å². The summed E-state index contributed by atoms with van der Waals surface area (Å²) in [6.07, 6.45) is 2.40. The van der Waals surface area contributed by atoms with Gasteiger partial charge in [-0.25, -0.2) is 4.98 Å². The molecule has 5 nitrogen and oxygen atoms in total. The summed E-state index contributed by atoms with van der Waals surface area (Å²) in [5, 5.41) is 3.08. The second kappa shape index (κ2) is 7.04. The summed E-state index contributed by atoms with van der Waals surface area (Å²) in [4.78, 5) is 21.5. The standard InChI is InChI=1S/C16H22N4O/c1-12-15(18-11-17-12)16(21)19-14(9-10-20(2)3)13-7-5-4-6-8-13/h4-8,11,14H,9-10H2,1-3H3,(H,17,18)(H,19,21)/t14-/m1/s1. The Morgan fingerprint density at radius 1 is 1.33 bits per heavy atom. The van der Waals surface area contributed by atoms with E-state index in [1.54, 1.807) is 6.33 Å². The second-order valence-corrected chi connectivity index (χ2v) is 5.40. The van der Waals surface area contributed by atoms with Gasteiger partial charge in [-0.15, -0.1) is 0 Å². The average molecular weight is 286 g/mol. The number of aryl methyl sites for hydroxylation is 1. The zero-order valence-electron chi connectivity index (χ0n) is 12.8. The lowest BCUT2D eigenvalue weighted by Crippen LogP contribution is -2.31. The first-order valence-corrected chi connectivity index (χ1v) is 7.08. The van der Waals surface area contributed by atoms with Crippen molar-refractivity contribution in [3.8, 4) is 0 Å². The van der Waals surface area contributed by atoms with Gasteiger partial charge in [0.25, 0.3) is 5.91 Å².